The molecule has 3 nitrogen and oxygen atoms in total. The standard InChI is InChI=1S/C37H33N3.C2H6/c1-25-23-29(9-6-21-38)40(36(25)19-14-26-20-22-39-24-26)28-8-4-7-27(15-16-28)30-17-18-35-32-11-3-2-10-31(32)34-13-5-12-33(30)37(34)35;1-2/h2-7,9-17,19-20,22-24,35,39H,8,18,21,38H2,1H3;1-2H3/b9-6-,19-14-;. The predicted molar refractivity (Wildman–Crippen MR) is 181 cm³/mol. The molecule has 2 heterocycles. The van der Waals surface area contributed by atoms with E-state index < -0.39 is 0 Å². The fraction of sp³-hybridized carbons (Fsp3) is 0.179. The van der Waals surface area contributed by atoms with Gasteiger partial charge in [-0.15, -0.1) is 0 Å². The monoisotopic (exact) mass is 549 g/mol. The van der Waals surface area contributed by atoms with Crippen LogP contribution < -0.4 is 5.73 Å². The van der Waals surface area contributed by atoms with Crippen LogP contribution in [0.15, 0.2) is 109 Å². The van der Waals surface area contributed by atoms with Gasteiger partial charge in [-0.1, -0.05) is 92.8 Å². The van der Waals surface area contributed by atoms with Gasteiger partial charge >= 0.3 is 0 Å². The number of benzene rings is 2. The van der Waals surface area contributed by atoms with Gasteiger partial charge in [0, 0.05) is 48.4 Å². The summed E-state index contributed by atoms with van der Waals surface area (Å²) in [7, 11) is 0. The summed E-state index contributed by atoms with van der Waals surface area (Å²) in [5.74, 6) is 0.460. The number of hydrogen-bond acceptors (Lipinski definition) is 1. The third kappa shape index (κ3) is 4.91. The fourth-order valence-corrected chi connectivity index (χ4v) is 6.57. The zero-order valence-electron chi connectivity index (χ0n) is 24.8. The van der Waals surface area contributed by atoms with Gasteiger partial charge in [0.1, 0.15) is 0 Å². The number of allylic oxidation sites excluding steroid dienone is 8. The first-order chi connectivity index (χ1) is 20.7. The third-order valence-electron chi connectivity index (χ3n) is 8.35. The van der Waals surface area contributed by atoms with Crippen LogP contribution in [0.1, 0.15) is 71.8 Å². The maximum absolute atomic E-state index is 5.84. The van der Waals surface area contributed by atoms with Gasteiger partial charge in [0.2, 0.25) is 0 Å². The van der Waals surface area contributed by atoms with Gasteiger partial charge in [0.15, 0.2) is 0 Å². The van der Waals surface area contributed by atoms with E-state index >= 15 is 0 Å². The summed E-state index contributed by atoms with van der Waals surface area (Å²) in [6.07, 6.45) is 26.1. The van der Waals surface area contributed by atoms with Crippen LogP contribution in [0, 0.1) is 6.92 Å². The van der Waals surface area contributed by atoms with Crippen molar-refractivity contribution >= 4 is 29.5 Å². The van der Waals surface area contributed by atoms with Crippen molar-refractivity contribution in [2.75, 3.05) is 6.54 Å². The Hall–Kier alpha value is -4.60. The minimum absolute atomic E-state index is 0.460. The lowest BCUT2D eigenvalue weighted by atomic mass is 9.80. The first-order valence-electron chi connectivity index (χ1n) is 15.1. The van der Waals surface area contributed by atoms with E-state index in [-0.39, 0.29) is 0 Å². The summed E-state index contributed by atoms with van der Waals surface area (Å²) in [6.45, 7) is 6.70. The molecule has 2 aromatic carbocycles. The number of nitrogens with two attached hydrogens (primary N) is 1. The molecule has 4 aromatic rings. The number of nitrogens with zero attached hydrogens (tertiary/aromatic N) is 1. The second-order valence-electron chi connectivity index (χ2n) is 10.7. The molecule has 0 radical (unpaired) electrons. The molecular formula is C39H39N3. The van der Waals surface area contributed by atoms with Crippen molar-refractivity contribution < 1.29 is 0 Å². The minimum Gasteiger partial charge on any atom is -0.367 e. The molecule has 0 fully saturated rings. The molecule has 1 unspecified atom stereocenters. The van der Waals surface area contributed by atoms with Crippen molar-refractivity contribution in [1.82, 2.24) is 9.55 Å². The van der Waals surface area contributed by atoms with Crippen LogP contribution in [0.2, 0.25) is 0 Å². The van der Waals surface area contributed by atoms with E-state index in [4.69, 9.17) is 5.73 Å². The highest BCUT2D eigenvalue weighted by Gasteiger charge is 2.33. The van der Waals surface area contributed by atoms with Gasteiger partial charge < -0.3 is 15.3 Å². The van der Waals surface area contributed by atoms with Crippen molar-refractivity contribution in [3.8, 4) is 11.1 Å². The first kappa shape index (κ1) is 27.6. The molecule has 0 saturated heterocycles. The van der Waals surface area contributed by atoms with E-state index in [2.05, 4.69) is 120 Å². The quantitative estimate of drug-likeness (QED) is 0.247. The largest absolute Gasteiger partial charge is 0.367 e. The summed E-state index contributed by atoms with van der Waals surface area (Å²) in [5, 5.41) is 0. The number of nitrogens with one attached hydrogen (secondary N) is 1. The maximum atomic E-state index is 5.84. The molecule has 3 heteroatoms. The molecule has 3 aliphatic rings. The number of fused-ring (bicyclic) bond motifs is 3. The van der Waals surface area contributed by atoms with E-state index in [9.17, 15) is 0 Å². The molecular weight excluding hydrogens is 510 g/mol. The molecule has 0 spiro atoms. The van der Waals surface area contributed by atoms with Crippen LogP contribution in [-0.2, 0) is 0 Å². The van der Waals surface area contributed by atoms with Gasteiger partial charge in [0.05, 0.1) is 0 Å². The van der Waals surface area contributed by atoms with Crippen LogP contribution in [0.25, 0.3) is 40.6 Å². The molecule has 1 atom stereocenters. The van der Waals surface area contributed by atoms with Crippen molar-refractivity contribution in [3.63, 3.8) is 0 Å². The highest BCUT2D eigenvalue weighted by atomic mass is 15.0. The number of aromatic nitrogens is 2. The zero-order valence-corrected chi connectivity index (χ0v) is 24.8. The summed E-state index contributed by atoms with van der Waals surface area (Å²) in [6, 6.07) is 20.1. The Balaban J connectivity index is 0.00000155. The molecule has 42 heavy (non-hydrogen) atoms. The Kier molecular flexibility index (Phi) is 7.94. The lowest BCUT2D eigenvalue weighted by Crippen LogP contribution is -2.06. The Morgan fingerprint density at radius 1 is 0.952 bits per heavy atom. The third-order valence-corrected chi connectivity index (χ3v) is 8.35. The zero-order chi connectivity index (χ0) is 29.1. The molecule has 0 bridgehead atoms. The average Bonchev–Trinajstić information content (AvgIpc) is 3.69. The van der Waals surface area contributed by atoms with Crippen molar-refractivity contribution in [2.24, 2.45) is 5.73 Å². The van der Waals surface area contributed by atoms with Crippen LogP contribution in [-0.4, -0.2) is 16.1 Å². The van der Waals surface area contributed by atoms with Crippen LogP contribution in [0.4, 0.5) is 0 Å². The second-order valence-corrected chi connectivity index (χ2v) is 10.7. The van der Waals surface area contributed by atoms with E-state index in [1.54, 1.807) is 0 Å². The van der Waals surface area contributed by atoms with Gasteiger partial charge in [-0.25, -0.2) is 0 Å². The van der Waals surface area contributed by atoms with Crippen molar-refractivity contribution in [2.45, 2.75) is 39.5 Å². The van der Waals surface area contributed by atoms with Crippen molar-refractivity contribution in [3.05, 3.63) is 148 Å². The molecule has 0 amide bonds. The fourth-order valence-electron chi connectivity index (χ4n) is 6.57. The van der Waals surface area contributed by atoms with Crippen molar-refractivity contribution in [1.29, 1.82) is 0 Å². The van der Waals surface area contributed by atoms with E-state index in [1.807, 2.05) is 32.3 Å². The summed E-state index contributed by atoms with van der Waals surface area (Å²) in [4.78, 5) is 3.14. The number of H-pyrrole nitrogens is 1. The lowest BCUT2D eigenvalue weighted by molar-refractivity contribution is 0.840. The molecule has 3 aliphatic carbocycles. The first-order valence-corrected chi connectivity index (χ1v) is 15.1. The van der Waals surface area contributed by atoms with Gasteiger partial charge in [-0.3, -0.25) is 0 Å². The highest BCUT2D eigenvalue weighted by molar-refractivity contribution is 5.93. The van der Waals surface area contributed by atoms with E-state index in [1.165, 1.54) is 55.9 Å². The lowest BCUT2D eigenvalue weighted by Gasteiger charge is -2.24. The number of rotatable bonds is 6. The Morgan fingerprint density at radius 3 is 2.62 bits per heavy atom. The van der Waals surface area contributed by atoms with E-state index in [0.29, 0.717) is 12.5 Å². The maximum Gasteiger partial charge on any atom is 0.0488 e. The minimum atomic E-state index is 0.460. The number of aryl methyl sites for hydroxylation is 1. The normalized spacial score (nSPS) is 16.9. The van der Waals surface area contributed by atoms with E-state index in [0.717, 1.165) is 24.1 Å². The second kappa shape index (κ2) is 12.1. The molecule has 3 N–H and O–H groups in total. The van der Waals surface area contributed by atoms with Crippen LogP contribution in [0.3, 0.4) is 0 Å². The highest BCUT2D eigenvalue weighted by Crippen LogP contribution is 2.52. The molecule has 0 saturated carbocycles. The number of aromatic amines is 1. The molecule has 0 aliphatic heterocycles. The smallest absolute Gasteiger partial charge is 0.0488 e. The van der Waals surface area contributed by atoms with Crippen LogP contribution >= 0.6 is 0 Å². The van der Waals surface area contributed by atoms with Gasteiger partial charge in [0.25, 0.3) is 0 Å². The number of hydrogen-bond donors (Lipinski definition) is 2. The predicted octanol–water partition coefficient (Wildman–Crippen LogP) is 9.62. The van der Waals surface area contributed by atoms with Gasteiger partial charge in [-0.05, 0) is 93.8 Å². The summed E-state index contributed by atoms with van der Waals surface area (Å²) < 4.78 is 2.37. The van der Waals surface area contributed by atoms with Gasteiger partial charge in [-0.2, -0.15) is 0 Å². The Morgan fingerprint density at radius 2 is 1.79 bits per heavy atom. The van der Waals surface area contributed by atoms with Crippen LogP contribution in [0.5, 0.6) is 0 Å². The Labute approximate surface area is 249 Å². The Bertz CT molecular complexity index is 1780. The molecule has 210 valence electrons. The SMILES string of the molecule is CC.Cc1cc(/C=C\CN)n(C2=CC=C(C3=CCC4c5ccccc5-c5cccc3c54)C=CC2)c1/C=C\c1cc[nH]c1. The molecule has 2 aromatic heterocycles. The topological polar surface area (TPSA) is 46.7 Å². The average molecular weight is 550 g/mol. The summed E-state index contributed by atoms with van der Waals surface area (Å²) >= 11 is 0. The summed E-state index contributed by atoms with van der Waals surface area (Å²) in [5.41, 5.74) is 21.5. The molecule has 7 rings (SSSR count).